The van der Waals surface area contributed by atoms with Gasteiger partial charge in [-0.1, -0.05) is 135 Å². The zero-order valence-electron chi connectivity index (χ0n) is 21.5. The Morgan fingerprint density at radius 1 is 0.811 bits per heavy atom. The molecule has 0 amide bonds. The first-order chi connectivity index (χ1) is 18.0. The maximum atomic E-state index is 6.12. The van der Waals surface area contributed by atoms with Gasteiger partial charge in [-0.3, -0.25) is 4.90 Å². The van der Waals surface area contributed by atoms with E-state index < -0.39 is 5.54 Å². The number of thiocarbonyl (C=S) groups is 1. The molecule has 1 N–H and O–H groups in total. The van der Waals surface area contributed by atoms with Crippen LogP contribution in [-0.4, -0.2) is 29.6 Å². The predicted octanol–water partition coefficient (Wildman–Crippen LogP) is 7.27. The van der Waals surface area contributed by atoms with E-state index in [2.05, 4.69) is 139 Å². The highest BCUT2D eigenvalue weighted by molar-refractivity contribution is 7.79. The number of para-hydroxylation sites is 1. The fraction of sp³-hybridized carbons (Fsp3) is 0.242. The number of nitrogens with zero attached hydrogens (tertiary/aromatic N) is 1. The topological polar surface area (TPSA) is 24.5 Å². The third-order valence-corrected chi connectivity index (χ3v) is 7.32. The van der Waals surface area contributed by atoms with E-state index in [4.69, 9.17) is 17.0 Å². The summed E-state index contributed by atoms with van der Waals surface area (Å²) in [6.07, 6.45) is -0.168. The van der Waals surface area contributed by atoms with Gasteiger partial charge in [-0.25, -0.2) is 0 Å². The van der Waals surface area contributed by atoms with Crippen molar-refractivity contribution in [3.05, 3.63) is 138 Å². The van der Waals surface area contributed by atoms with Gasteiger partial charge in [-0.05, 0) is 28.3 Å². The van der Waals surface area contributed by atoms with E-state index in [0.29, 0.717) is 6.61 Å². The monoisotopic (exact) mass is 506 g/mol. The molecule has 1 saturated heterocycles. The van der Waals surface area contributed by atoms with E-state index >= 15 is 0 Å². The second-order valence-electron chi connectivity index (χ2n) is 10.5. The molecule has 0 aliphatic carbocycles. The van der Waals surface area contributed by atoms with Crippen LogP contribution < -0.4 is 5.32 Å². The third kappa shape index (κ3) is 5.37. The maximum absolute atomic E-state index is 6.12. The Bertz CT molecular complexity index is 1210. The Labute approximate surface area is 226 Å². The highest BCUT2D eigenvalue weighted by Crippen LogP contribution is 2.41. The number of benzene rings is 4. The van der Waals surface area contributed by atoms with Gasteiger partial charge in [-0.15, -0.1) is 0 Å². The first kappa shape index (κ1) is 25.3. The highest BCUT2D eigenvalue weighted by Gasteiger charge is 2.37. The van der Waals surface area contributed by atoms with Crippen LogP contribution in [0.5, 0.6) is 0 Å². The zero-order chi connectivity index (χ0) is 25.7. The van der Waals surface area contributed by atoms with E-state index in [1.54, 1.807) is 5.37 Å². The number of anilines is 1. The van der Waals surface area contributed by atoms with Gasteiger partial charge < -0.3 is 10.1 Å². The molecule has 188 valence electrons. The van der Waals surface area contributed by atoms with Crippen LogP contribution in [0.3, 0.4) is 0 Å². The van der Waals surface area contributed by atoms with Crippen molar-refractivity contribution in [2.45, 2.75) is 32.2 Å². The molecule has 4 heteroatoms. The summed E-state index contributed by atoms with van der Waals surface area (Å²) in [5, 5.41) is 5.79. The number of nitrogens with one attached hydrogen (secondary N) is 1. The molecular formula is C33H34N2OS. The molecule has 1 aliphatic rings. The Hall–Kier alpha value is -3.31. The molecule has 1 atom stereocenters. The highest BCUT2D eigenvalue weighted by atomic mass is 32.1. The lowest BCUT2D eigenvalue weighted by Crippen LogP contribution is -2.50. The van der Waals surface area contributed by atoms with Crippen LogP contribution in [0, 0.1) is 5.41 Å². The van der Waals surface area contributed by atoms with Crippen LogP contribution in [0.2, 0.25) is 0 Å². The van der Waals surface area contributed by atoms with Crippen molar-refractivity contribution in [3.63, 3.8) is 0 Å². The van der Waals surface area contributed by atoms with Crippen molar-refractivity contribution in [2.24, 2.45) is 5.41 Å². The lowest BCUT2D eigenvalue weighted by molar-refractivity contribution is -0.111. The van der Waals surface area contributed by atoms with Gasteiger partial charge in [0.2, 0.25) is 0 Å². The van der Waals surface area contributed by atoms with Gasteiger partial charge in [0.1, 0.15) is 11.8 Å². The molecule has 37 heavy (non-hydrogen) atoms. The van der Waals surface area contributed by atoms with E-state index in [1.807, 2.05) is 0 Å². The first-order valence-electron chi connectivity index (χ1n) is 12.9. The molecule has 0 radical (unpaired) electrons. The molecular weight excluding hydrogens is 472 g/mol. The molecule has 1 unspecified atom stereocenters. The quantitative estimate of drug-likeness (QED) is 0.201. The molecule has 4 aromatic carbocycles. The second kappa shape index (κ2) is 11.0. The largest absolute Gasteiger partial charge is 0.368 e. The van der Waals surface area contributed by atoms with E-state index in [-0.39, 0.29) is 11.6 Å². The molecule has 1 heterocycles. The molecule has 0 saturated carbocycles. The summed E-state index contributed by atoms with van der Waals surface area (Å²) >= 11 is 5.35. The minimum atomic E-state index is -0.582. The standard InChI is InChI=1S/C33H34N2OS/c1-32(2)24-35(31(23-37)36-25-32)22-26-14-12-13-21-30(26)34-33(27-15-6-3-7-16-27,28-17-8-4-9-18-28)29-19-10-5-11-20-29/h3-21,23,31,34H,22,24-25H2,1-2H3. The maximum Gasteiger partial charge on any atom is 0.140 e. The molecule has 3 nitrogen and oxygen atoms in total. The molecule has 1 fully saturated rings. The lowest BCUT2D eigenvalue weighted by Gasteiger charge is -2.43. The number of ether oxygens (including phenoxy) is 1. The summed E-state index contributed by atoms with van der Waals surface area (Å²) in [5.41, 5.74) is 5.33. The Morgan fingerprint density at radius 2 is 1.30 bits per heavy atom. The van der Waals surface area contributed by atoms with Crippen molar-refractivity contribution >= 4 is 23.3 Å². The van der Waals surface area contributed by atoms with Crippen LogP contribution in [0.4, 0.5) is 5.69 Å². The SMILES string of the molecule is CC1(C)COC(C=S)N(Cc2ccccc2NC(c2ccccc2)(c2ccccc2)c2ccccc2)C1. The molecule has 5 rings (SSSR count). The Balaban J connectivity index is 1.63. The second-order valence-corrected chi connectivity index (χ2v) is 10.8. The zero-order valence-corrected chi connectivity index (χ0v) is 22.3. The van der Waals surface area contributed by atoms with E-state index in [1.165, 1.54) is 22.3 Å². The van der Waals surface area contributed by atoms with E-state index in [9.17, 15) is 0 Å². The van der Waals surface area contributed by atoms with Gasteiger partial charge >= 0.3 is 0 Å². The Morgan fingerprint density at radius 3 is 1.81 bits per heavy atom. The Kier molecular flexibility index (Phi) is 7.52. The van der Waals surface area contributed by atoms with Gasteiger partial charge in [0.15, 0.2) is 0 Å². The molecule has 0 aromatic heterocycles. The van der Waals surface area contributed by atoms with Crippen molar-refractivity contribution < 1.29 is 4.74 Å². The van der Waals surface area contributed by atoms with Crippen molar-refractivity contribution in [1.29, 1.82) is 0 Å². The van der Waals surface area contributed by atoms with Gasteiger partial charge in [0.25, 0.3) is 0 Å². The average Bonchev–Trinajstić information content (AvgIpc) is 2.94. The minimum absolute atomic E-state index is 0.0685. The fourth-order valence-electron chi connectivity index (χ4n) is 5.35. The van der Waals surface area contributed by atoms with Crippen molar-refractivity contribution in [3.8, 4) is 0 Å². The molecule has 0 spiro atoms. The first-order valence-corrected chi connectivity index (χ1v) is 13.3. The van der Waals surface area contributed by atoms with Gasteiger partial charge in [0.05, 0.1) is 6.61 Å². The van der Waals surface area contributed by atoms with Crippen LogP contribution in [-0.2, 0) is 16.8 Å². The van der Waals surface area contributed by atoms with Gasteiger partial charge in [0, 0.05) is 29.6 Å². The summed E-state index contributed by atoms with van der Waals surface area (Å²) < 4.78 is 6.12. The number of rotatable bonds is 8. The molecule has 4 aromatic rings. The smallest absolute Gasteiger partial charge is 0.140 e. The summed E-state index contributed by atoms with van der Waals surface area (Å²) in [4.78, 5) is 2.34. The predicted molar refractivity (Wildman–Crippen MR) is 157 cm³/mol. The molecule has 1 aliphatic heterocycles. The average molecular weight is 507 g/mol. The number of hydrogen-bond donors (Lipinski definition) is 1. The third-order valence-electron chi connectivity index (χ3n) is 7.09. The van der Waals surface area contributed by atoms with Crippen LogP contribution >= 0.6 is 12.2 Å². The minimum Gasteiger partial charge on any atom is -0.368 e. The summed E-state index contributed by atoms with van der Waals surface area (Å²) in [6, 6.07) is 40.7. The van der Waals surface area contributed by atoms with Crippen LogP contribution in [0.25, 0.3) is 0 Å². The van der Waals surface area contributed by atoms with Crippen LogP contribution in [0.1, 0.15) is 36.1 Å². The summed E-state index contributed by atoms with van der Waals surface area (Å²) in [5.74, 6) is 0. The fourth-order valence-corrected chi connectivity index (χ4v) is 5.61. The normalized spacial score (nSPS) is 17.7. The lowest BCUT2D eigenvalue weighted by atomic mass is 9.76. The number of hydrogen-bond acceptors (Lipinski definition) is 4. The van der Waals surface area contributed by atoms with Crippen LogP contribution in [0.15, 0.2) is 115 Å². The van der Waals surface area contributed by atoms with E-state index in [0.717, 1.165) is 18.8 Å². The summed E-state index contributed by atoms with van der Waals surface area (Å²) in [6.45, 7) is 6.85. The van der Waals surface area contributed by atoms with Crippen molar-refractivity contribution in [1.82, 2.24) is 4.90 Å². The molecule has 0 bridgehead atoms. The summed E-state index contributed by atoms with van der Waals surface area (Å²) in [7, 11) is 0. The van der Waals surface area contributed by atoms with Crippen molar-refractivity contribution in [2.75, 3.05) is 18.5 Å². The van der Waals surface area contributed by atoms with Gasteiger partial charge in [-0.2, -0.15) is 0 Å².